The molecule has 1 unspecified atom stereocenters. The fourth-order valence-electron chi connectivity index (χ4n) is 1.49. The molecule has 0 saturated carbocycles. The van der Waals surface area contributed by atoms with Crippen molar-refractivity contribution in [1.29, 1.82) is 0 Å². The minimum atomic E-state index is -0.626. The molecule has 0 aliphatic carbocycles. The molecule has 7 nitrogen and oxygen atoms in total. The highest BCUT2D eigenvalue weighted by atomic mass is 16.2. The van der Waals surface area contributed by atoms with Crippen LogP contribution in [0.2, 0.25) is 0 Å². The van der Waals surface area contributed by atoms with E-state index in [1.165, 1.54) is 0 Å². The molecule has 0 bridgehead atoms. The number of likely N-dealkylation sites (N-methyl/N-ethyl adjacent to an activating group) is 1. The van der Waals surface area contributed by atoms with Gasteiger partial charge in [-0.15, -0.1) is 0 Å². The molecule has 1 heterocycles. The third-order valence-corrected chi connectivity index (χ3v) is 2.54. The number of aromatic nitrogens is 2. The van der Waals surface area contributed by atoms with Gasteiger partial charge in [0.25, 0.3) is 5.91 Å². The number of aryl methyl sites for hydroxylation is 1. The van der Waals surface area contributed by atoms with Crippen molar-refractivity contribution < 1.29 is 9.59 Å². The molecule has 0 saturated heterocycles. The van der Waals surface area contributed by atoms with Crippen LogP contribution in [0.3, 0.4) is 0 Å². The van der Waals surface area contributed by atoms with Crippen molar-refractivity contribution in [3.63, 3.8) is 0 Å². The number of hydrogen-bond donors (Lipinski definition) is 4. The molecule has 7 heteroatoms. The van der Waals surface area contributed by atoms with Gasteiger partial charge in [-0.1, -0.05) is 6.92 Å². The highest BCUT2D eigenvalue weighted by Crippen LogP contribution is 2.14. The maximum absolute atomic E-state index is 11.9. The van der Waals surface area contributed by atoms with E-state index in [2.05, 4.69) is 20.8 Å². The molecule has 1 atom stereocenters. The number of nitrogens with zero attached hydrogens (tertiary/aromatic N) is 1. The Morgan fingerprint density at radius 3 is 2.61 bits per heavy atom. The molecule has 5 N–H and O–H groups in total. The number of rotatable bonds is 5. The largest absolute Gasteiger partial charge is 0.395 e. The second-order valence-corrected chi connectivity index (χ2v) is 3.91. The Morgan fingerprint density at radius 1 is 1.44 bits per heavy atom. The van der Waals surface area contributed by atoms with Crippen LogP contribution in [0.15, 0.2) is 0 Å². The van der Waals surface area contributed by atoms with Gasteiger partial charge in [0.05, 0.1) is 11.4 Å². The second-order valence-electron chi connectivity index (χ2n) is 3.91. The first-order chi connectivity index (χ1) is 8.51. The van der Waals surface area contributed by atoms with E-state index >= 15 is 0 Å². The first-order valence-corrected chi connectivity index (χ1v) is 5.92. The summed E-state index contributed by atoms with van der Waals surface area (Å²) < 4.78 is 0. The molecule has 100 valence electrons. The molecule has 0 aliphatic rings. The first-order valence-electron chi connectivity index (χ1n) is 5.92. The van der Waals surface area contributed by atoms with Crippen molar-refractivity contribution in [3.8, 4) is 0 Å². The minimum Gasteiger partial charge on any atom is -0.395 e. The van der Waals surface area contributed by atoms with Gasteiger partial charge in [0.1, 0.15) is 6.04 Å². The lowest BCUT2D eigenvalue weighted by molar-refractivity contribution is -0.122. The summed E-state index contributed by atoms with van der Waals surface area (Å²) in [5.41, 5.74) is 6.94. The van der Waals surface area contributed by atoms with E-state index in [0.29, 0.717) is 24.3 Å². The van der Waals surface area contributed by atoms with E-state index in [4.69, 9.17) is 5.73 Å². The number of nitrogen functional groups attached to an aromatic ring is 1. The Kier molecular flexibility index (Phi) is 4.70. The lowest BCUT2D eigenvalue weighted by atomic mass is 10.2. The summed E-state index contributed by atoms with van der Waals surface area (Å²) >= 11 is 0. The Bertz CT molecular complexity index is 441. The van der Waals surface area contributed by atoms with Crippen LogP contribution in [0.1, 0.15) is 37.0 Å². The molecule has 0 aromatic carbocycles. The zero-order valence-electron chi connectivity index (χ0n) is 10.8. The summed E-state index contributed by atoms with van der Waals surface area (Å²) in [6.45, 7) is 5.84. The summed E-state index contributed by atoms with van der Waals surface area (Å²) in [5.74, 6) is -0.696. The maximum Gasteiger partial charge on any atom is 0.274 e. The zero-order chi connectivity index (χ0) is 13.7. The highest BCUT2D eigenvalue weighted by molar-refractivity contribution is 6.00. The topological polar surface area (TPSA) is 113 Å². The lowest BCUT2D eigenvalue weighted by Gasteiger charge is -2.12. The van der Waals surface area contributed by atoms with Gasteiger partial charge in [-0.25, -0.2) is 0 Å². The van der Waals surface area contributed by atoms with Crippen LogP contribution in [0.5, 0.6) is 0 Å². The summed E-state index contributed by atoms with van der Waals surface area (Å²) in [7, 11) is 0. The number of carbonyl (C=O) groups is 2. The van der Waals surface area contributed by atoms with Gasteiger partial charge in [0, 0.05) is 6.54 Å². The van der Waals surface area contributed by atoms with Gasteiger partial charge >= 0.3 is 0 Å². The predicted octanol–water partition coefficient (Wildman–Crippen LogP) is -0.191. The molecule has 0 aliphatic heterocycles. The number of carbonyl (C=O) groups excluding carboxylic acids is 2. The molecule has 1 aromatic rings. The fourth-order valence-corrected chi connectivity index (χ4v) is 1.49. The molecule has 0 fully saturated rings. The van der Waals surface area contributed by atoms with Gasteiger partial charge in [-0.2, -0.15) is 5.10 Å². The Morgan fingerprint density at radius 2 is 2.11 bits per heavy atom. The lowest BCUT2D eigenvalue weighted by Crippen LogP contribution is -2.44. The minimum absolute atomic E-state index is 0.128. The molecule has 1 aromatic heterocycles. The van der Waals surface area contributed by atoms with Gasteiger partial charge in [-0.05, 0) is 20.3 Å². The third-order valence-electron chi connectivity index (χ3n) is 2.54. The second kappa shape index (κ2) is 6.04. The molecule has 18 heavy (non-hydrogen) atoms. The Balaban J connectivity index is 2.70. The van der Waals surface area contributed by atoms with Crippen LogP contribution in [0.4, 0.5) is 5.69 Å². The number of anilines is 1. The smallest absolute Gasteiger partial charge is 0.274 e. The van der Waals surface area contributed by atoms with Crippen molar-refractivity contribution >= 4 is 17.5 Å². The monoisotopic (exact) mass is 253 g/mol. The zero-order valence-corrected chi connectivity index (χ0v) is 10.8. The van der Waals surface area contributed by atoms with Crippen molar-refractivity contribution in [2.45, 2.75) is 33.2 Å². The third kappa shape index (κ3) is 2.99. The van der Waals surface area contributed by atoms with E-state index < -0.39 is 11.9 Å². The standard InChI is InChI=1S/C11H19N5O2/c1-4-7-8(12)9(16-15-7)11(18)14-6(3)10(17)13-5-2/h6H,4-5,12H2,1-3H3,(H,13,17)(H,14,18)(H,15,16). The quantitative estimate of drug-likeness (QED) is 0.582. The number of H-pyrrole nitrogens is 1. The summed E-state index contributed by atoms with van der Waals surface area (Å²) in [5, 5.41) is 11.7. The van der Waals surface area contributed by atoms with Gasteiger partial charge in [-0.3, -0.25) is 14.7 Å². The normalized spacial score (nSPS) is 11.9. The Labute approximate surface area is 106 Å². The summed E-state index contributed by atoms with van der Waals surface area (Å²) in [6, 6.07) is -0.626. The van der Waals surface area contributed by atoms with E-state index in [0.717, 1.165) is 0 Å². The highest BCUT2D eigenvalue weighted by Gasteiger charge is 2.20. The average molecular weight is 253 g/mol. The van der Waals surface area contributed by atoms with E-state index in [1.807, 2.05) is 13.8 Å². The van der Waals surface area contributed by atoms with Crippen LogP contribution in [-0.4, -0.2) is 34.6 Å². The predicted molar refractivity (Wildman–Crippen MR) is 68.0 cm³/mol. The van der Waals surface area contributed by atoms with Crippen molar-refractivity contribution in [3.05, 3.63) is 11.4 Å². The maximum atomic E-state index is 11.9. The number of hydrogen-bond acceptors (Lipinski definition) is 4. The number of nitrogens with two attached hydrogens (primary N) is 1. The van der Waals surface area contributed by atoms with Gasteiger partial charge in [0.15, 0.2) is 5.69 Å². The SMILES string of the molecule is CCNC(=O)C(C)NC(=O)c1n[nH]c(CC)c1N. The van der Waals surface area contributed by atoms with Gasteiger partial charge in [0.2, 0.25) is 5.91 Å². The molecule has 1 rings (SSSR count). The number of nitrogens with one attached hydrogen (secondary N) is 3. The van der Waals surface area contributed by atoms with Crippen LogP contribution >= 0.6 is 0 Å². The van der Waals surface area contributed by atoms with E-state index in [-0.39, 0.29) is 11.6 Å². The van der Waals surface area contributed by atoms with Crippen LogP contribution in [0, 0.1) is 0 Å². The molecule has 0 spiro atoms. The Hall–Kier alpha value is -2.05. The van der Waals surface area contributed by atoms with E-state index in [9.17, 15) is 9.59 Å². The van der Waals surface area contributed by atoms with Crippen molar-refractivity contribution in [2.24, 2.45) is 0 Å². The van der Waals surface area contributed by atoms with Crippen molar-refractivity contribution in [2.75, 3.05) is 12.3 Å². The molecule has 0 radical (unpaired) electrons. The van der Waals surface area contributed by atoms with Crippen LogP contribution in [-0.2, 0) is 11.2 Å². The summed E-state index contributed by atoms with van der Waals surface area (Å²) in [4.78, 5) is 23.3. The average Bonchev–Trinajstić information content (AvgIpc) is 2.70. The molecule has 2 amide bonds. The molecular formula is C11H19N5O2. The fraction of sp³-hybridized carbons (Fsp3) is 0.545. The van der Waals surface area contributed by atoms with Crippen LogP contribution < -0.4 is 16.4 Å². The summed E-state index contributed by atoms with van der Waals surface area (Å²) in [6.07, 6.45) is 0.665. The van der Waals surface area contributed by atoms with Crippen molar-refractivity contribution in [1.82, 2.24) is 20.8 Å². The molecular weight excluding hydrogens is 234 g/mol. The van der Waals surface area contributed by atoms with E-state index in [1.54, 1.807) is 6.92 Å². The first kappa shape index (κ1) is 14.0. The number of amides is 2. The number of aromatic amines is 1. The van der Waals surface area contributed by atoms with Gasteiger partial charge < -0.3 is 16.4 Å². The van der Waals surface area contributed by atoms with Crippen LogP contribution in [0.25, 0.3) is 0 Å².